The van der Waals surface area contributed by atoms with E-state index in [9.17, 15) is 9.59 Å². The van der Waals surface area contributed by atoms with Gasteiger partial charge in [-0.25, -0.2) is 0 Å². The van der Waals surface area contributed by atoms with Crippen molar-refractivity contribution in [3.05, 3.63) is 52.2 Å². The second kappa shape index (κ2) is 6.51. The number of anilines is 1. The van der Waals surface area contributed by atoms with Crippen LogP contribution in [0.5, 0.6) is 0 Å². The number of benzene rings is 1. The van der Waals surface area contributed by atoms with E-state index in [4.69, 9.17) is 11.5 Å². The minimum Gasteiger partial charge on any atom is -0.468 e. The lowest BCUT2D eigenvalue weighted by molar-refractivity contribution is -0.142. The van der Waals surface area contributed by atoms with Crippen LogP contribution < -0.4 is 11.5 Å². The molecule has 1 aromatic carbocycles. The van der Waals surface area contributed by atoms with Gasteiger partial charge in [0.15, 0.2) is 5.78 Å². The van der Waals surface area contributed by atoms with Gasteiger partial charge in [-0.15, -0.1) is 11.3 Å². The van der Waals surface area contributed by atoms with Gasteiger partial charge in [-0.3, -0.25) is 9.59 Å². The van der Waals surface area contributed by atoms with Crippen LogP contribution in [0.1, 0.15) is 21.2 Å². The van der Waals surface area contributed by atoms with Gasteiger partial charge in [0.25, 0.3) is 0 Å². The van der Waals surface area contributed by atoms with Crippen LogP contribution in [-0.4, -0.2) is 24.9 Å². The van der Waals surface area contributed by atoms with Crippen LogP contribution in [0.2, 0.25) is 0 Å². The highest BCUT2D eigenvalue weighted by molar-refractivity contribution is 7.12. The maximum Gasteiger partial charge on any atom is 0.323 e. The van der Waals surface area contributed by atoms with E-state index in [-0.39, 0.29) is 5.78 Å². The summed E-state index contributed by atoms with van der Waals surface area (Å²) in [7, 11) is 1.25. The van der Waals surface area contributed by atoms with Gasteiger partial charge in [-0.2, -0.15) is 0 Å². The maximum atomic E-state index is 12.6. The number of esters is 1. The van der Waals surface area contributed by atoms with E-state index >= 15 is 0 Å². The van der Waals surface area contributed by atoms with Crippen molar-refractivity contribution in [2.45, 2.75) is 12.0 Å². The van der Waals surface area contributed by atoms with E-state index in [0.29, 0.717) is 16.1 Å². The highest BCUT2D eigenvalue weighted by Crippen LogP contribution is 2.27. The summed E-state index contributed by atoms with van der Waals surface area (Å²) in [6.45, 7) is 0. The molecule has 0 radical (unpaired) electrons. The molecule has 4 N–H and O–H groups in total. The number of nitrogen functional groups attached to an aromatic ring is 1. The van der Waals surface area contributed by atoms with Crippen LogP contribution in [0.25, 0.3) is 0 Å². The summed E-state index contributed by atoms with van der Waals surface area (Å²) < 4.78 is 4.67. The van der Waals surface area contributed by atoms with Crippen molar-refractivity contribution in [2.24, 2.45) is 5.73 Å². The number of nitrogens with two attached hydrogens (primary N) is 2. The average Bonchev–Trinajstić information content (AvgIpc) is 3.02. The van der Waals surface area contributed by atoms with Gasteiger partial charge in [-0.1, -0.05) is 18.2 Å². The lowest BCUT2D eigenvalue weighted by atomic mass is 9.87. The van der Waals surface area contributed by atoms with Crippen molar-refractivity contribution < 1.29 is 14.3 Å². The molecule has 2 aromatic rings. The Morgan fingerprint density at radius 1 is 1.19 bits per heavy atom. The van der Waals surface area contributed by atoms with E-state index in [1.54, 1.807) is 41.8 Å². The Kier molecular flexibility index (Phi) is 4.72. The SMILES string of the molecule is COC(=O)[C@H](N)C(C(=O)c1cccs1)c1ccc(N)cc1. The van der Waals surface area contributed by atoms with Crippen molar-refractivity contribution in [3.63, 3.8) is 0 Å². The third-order valence-electron chi connectivity index (χ3n) is 3.17. The van der Waals surface area contributed by atoms with E-state index < -0.39 is 17.9 Å². The van der Waals surface area contributed by atoms with E-state index in [2.05, 4.69) is 4.74 Å². The van der Waals surface area contributed by atoms with Crippen molar-refractivity contribution in [1.82, 2.24) is 0 Å². The molecule has 0 aliphatic heterocycles. The fraction of sp³-hybridized carbons (Fsp3) is 0.200. The molecule has 110 valence electrons. The Morgan fingerprint density at radius 2 is 1.86 bits per heavy atom. The first-order chi connectivity index (χ1) is 10.0. The number of carbonyl (C=O) groups excluding carboxylic acids is 2. The normalized spacial score (nSPS) is 13.4. The van der Waals surface area contributed by atoms with Gasteiger partial charge in [0, 0.05) is 5.69 Å². The van der Waals surface area contributed by atoms with E-state index in [1.165, 1.54) is 18.4 Å². The maximum absolute atomic E-state index is 12.6. The van der Waals surface area contributed by atoms with Gasteiger partial charge >= 0.3 is 5.97 Å². The number of methoxy groups -OCH3 is 1. The van der Waals surface area contributed by atoms with Gasteiger partial charge in [0.05, 0.1) is 17.9 Å². The van der Waals surface area contributed by atoms with E-state index in [0.717, 1.165) is 0 Å². The molecule has 0 amide bonds. The monoisotopic (exact) mass is 304 g/mol. The first-order valence-corrected chi connectivity index (χ1v) is 7.19. The number of ether oxygens (including phenoxy) is 1. The summed E-state index contributed by atoms with van der Waals surface area (Å²) in [6, 6.07) is 9.18. The third-order valence-corrected chi connectivity index (χ3v) is 4.06. The van der Waals surface area contributed by atoms with Gasteiger partial charge in [0.2, 0.25) is 0 Å². The van der Waals surface area contributed by atoms with Gasteiger partial charge in [0.1, 0.15) is 6.04 Å². The Hall–Kier alpha value is -2.18. The molecule has 1 unspecified atom stereocenters. The number of thiophene rings is 1. The Bertz CT molecular complexity index is 623. The predicted octanol–water partition coefficient (Wildman–Crippen LogP) is 1.80. The van der Waals surface area contributed by atoms with Crippen molar-refractivity contribution in [2.75, 3.05) is 12.8 Å². The topological polar surface area (TPSA) is 95.4 Å². The molecule has 6 heteroatoms. The molecule has 0 aliphatic rings. The third kappa shape index (κ3) is 3.29. The van der Waals surface area contributed by atoms with Crippen molar-refractivity contribution >= 4 is 28.8 Å². The standard InChI is InChI=1S/C15H16N2O3S/c1-20-15(19)13(17)12(9-4-6-10(16)7-5-9)14(18)11-3-2-8-21-11/h2-8,12-13H,16-17H2,1H3/t12?,13-/m1/s1. The van der Waals surface area contributed by atoms with Crippen molar-refractivity contribution in [1.29, 1.82) is 0 Å². The second-order valence-electron chi connectivity index (χ2n) is 4.53. The zero-order valence-electron chi connectivity index (χ0n) is 11.5. The molecule has 0 spiro atoms. The quantitative estimate of drug-likeness (QED) is 0.499. The fourth-order valence-electron chi connectivity index (χ4n) is 2.07. The van der Waals surface area contributed by atoms with Crippen LogP contribution in [0.3, 0.4) is 0 Å². The molecular formula is C15H16N2O3S. The lowest BCUT2D eigenvalue weighted by Gasteiger charge is -2.21. The Balaban J connectivity index is 2.41. The largest absolute Gasteiger partial charge is 0.468 e. The summed E-state index contributed by atoms with van der Waals surface area (Å²) in [6.07, 6.45) is 0. The summed E-state index contributed by atoms with van der Waals surface area (Å²) >= 11 is 1.31. The minimum atomic E-state index is -1.06. The van der Waals surface area contributed by atoms with Crippen LogP contribution >= 0.6 is 11.3 Å². The predicted molar refractivity (Wildman–Crippen MR) is 82.2 cm³/mol. The van der Waals surface area contributed by atoms with Crippen LogP contribution in [-0.2, 0) is 9.53 Å². The first kappa shape index (κ1) is 15.2. The molecule has 0 aliphatic carbocycles. The average molecular weight is 304 g/mol. The van der Waals surface area contributed by atoms with Gasteiger partial charge in [-0.05, 0) is 29.1 Å². The summed E-state index contributed by atoms with van der Waals surface area (Å²) in [5.41, 5.74) is 12.8. The van der Waals surface area contributed by atoms with E-state index in [1.807, 2.05) is 0 Å². The number of Topliss-reactive ketones (excluding diaryl/α,β-unsaturated/α-hetero) is 1. The fourth-order valence-corrected chi connectivity index (χ4v) is 2.77. The molecule has 1 aromatic heterocycles. The number of ketones is 1. The number of rotatable bonds is 5. The molecule has 2 atom stereocenters. The minimum absolute atomic E-state index is 0.201. The molecule has 2 rings (SSSR count). The Labute approximate surface area is 126 Å². The molecule has 5 nitrogen and oxygen atoms in total. The zero-order valence-corrected chi connectivity index (χ0v) is 12.3. The molecular weight excluding hydrogens is 288 g/mol. The molecule has 0 bridgehead atoms. The summed E-state index contributed by atoms with van der Waals surface area (Å²) in [5.74, 6) is -1.62. The number of hydrogen-bond donors (Lipinski definition) is 2. The number of hydrogen-bond acceptors (Lipinski definition) is 6. The summed E-state index contributed by atoms with van der Waals surface area (Å²) in [5, 5.41) is 1.80. The van der Waals surface area contributed by atoms with Crippen LogP contribution in [0.4, 0.5) is 5.69 Å². The zero-order chi connectivity index (χ0) is 15.4. The molecule has 0 fully saturated rings. The smallest absolute Gasteiger partial charge is 0.323 e. The molecule has 1 heterocycles. The van der Waals surface area contributed by atoms with Crippen molar-refractivity contribution in [3.8, 4) is 0 Å². The van der Waals surface area contributed by atoms with Gasteiger partial charge < -0.3 is 16.2 Å². The molecule has 21 heavy (non-hydrogen) atoms. The number of carbonyl (C=O) groups is 2. The highest BCUT2D eigenvalue weighted by atomic mass is 32.1. The Morgan fingerprint density at radius 3 is 2.38 bits per heavy atom. The molecule has 0 saturated heterocycles. The summed E-state index contributed by atoms with van der Waals surface area (Å²) in [4.78, 5) is 24.9. The van der Waals surface area contributed by atoms with Crippen LogP contribution in [0, 0.1) is 0 Å². The molecule has 0 saturated carbocycles. The lowest BCUT2D eigenvalue weighted by Crippen LogP contribution is -2.41. The first-order valence-electron chi connectivity index (χ1n) is 6.31. The second-order valence-corrected chi connectivity index (χ2v) is 5.48. The van der Waals surface area contributed by atoms with Crippen LogP contribution in [0.15, 0.2) is 41.8 Å². The highest BCUT2D eigenvalue weighted by Gasteiger charge is 2.34.